The van der Waals surface area contributed by atoms with Gasteiger partial charge in [-0.1, -0.05) is 48.7 Å². The molecule has 3 N–H and O–H groups in total. The predicted octanol–water partition coefficient (Wildman–Crippen LogP) is 3.35. The fourth-order valence-electron chi connectivity index (χ4n) is 3.07. The highest BCUT2D eigenvalue weighted by molar-refractivity contribution is 7.95. The van der Waals surface area contributed by atoms with Crippen molar-refractivity contribution in [3.05, 3.63) is 70.0 Å². The third kappa shape index (κ3) is 4.81. The Morgan fingerprint density at radius 3 is 2.22 bits per heavy atom. The lowest BCUT2D eigenvalue weighted by Gasteiger charge is -2.24. The molecule has 0 radical (unpaired) electrons. The number of carbonyl (C=O) groups is 1. The number of rotatable bonds is 7. The number of amides is 1. The summed E-state index contributed by atoms with van der Waals surface area (Å²) in [6.45, 7) is 1.88. The average Bonchev–Trinajstić information content (AvgIpc) is 3.15. The van der Waals surface area contributed by atoms with Crippen LogP contribution in [-0.4, -0.2) is 32.9 Å². The van der Waals surface area contributed by atoms with Gasteiger partial charge in [0, 0.05) is 15.7 Å². The van der Waals surface area contributed by atoms with Crippen molar-refractivity contribution in [2.75, 3.05) is 4.31 Å². The monoisotopic (exact) mass is 516 g/mol. The quantitative estimate of drug-likeness (QED) is 0.492. The number of nitrogens with one attached hydrogen (secondary N) is 1. The summed E-state index contributed by atoms with van der Waals surface area (Å²) in [4.78, 5) is 12.2. The van der Waals surface area contributed by atoms with Crippen molar-refractivity contribution >= 4 is 54.8 Å². The minimum atomic E-state index is -4.79. The van der Waals surface area contributed by atoms with Crippen LogP contribution in [0.25, 0.3) is 0 Å². The van der Waals surface area contributed by atoms with Crippen LogP contribution in [0.5, 0.6) is 0 Å². The standard InChI is InChI=1S/C19H18Cl2N4O5S2/c1-2-5-16-15(11-23-24-16)19(26)25(14-9-12(20)8-13(21)10-14)32(29,30)18-7-4-3-6-17(18)31(22,27)28/h3-4,6-11H,2,5H2,1H3,(H,23,24)(H2,22,27,28). The van der Waals surface area contributed by atoms with Crippen LogP contribution in [0.4, 0.5) is 5.69 Å². The largest absolute Gasteiger partial charge is 0.282 e. The topological polar surface area (TPSA) is 143 Å². The van der Waals surface area contributed by atoms with Gasteiger partial charge >= 0.3 is 0 Å². The molecule has 0 aliphatic carbocycles. The Bertz CT molecular complexity index is 1370. The molecule has 0 saturated carbocycles. The van der Waals surface area contributed by atoms with E-state index in [-0.39, 0.29) is 21.3 Å². The van der Waals surface area contributed by atoms with E-state index in [1.165, 1.54) is 36.5 Å². The molecule has 1 heterocycles. The van der Waals surface area contributed by atoms with Crippen LogP contribution in [-0.2, 0) is 26.5 Å². The Morgan fingerprint density at radius 1 is 1.06 bits per heavy atom. The van der Waals surface area contributed by atoms with Crippen LogP contribution in [0.3, 0.4) is 0 Å². The molecule has 0 saturated heterocycles. The summed E-state index contributed by atoms with van der Waals surface area (Å²) in [7, 11) is -9.23. The molecule has 0 bridgehead atoms. The molecule has 2 aromatic carbocycles. The molecule has 1 aromatic heterocycles. The van der Waals surface area contributed by atoms with Gasteiger partial charge in [-0.05, 0) is 36.8 Å². The average molecular weight is 517 g/mol. The minimum absolute atomic E-state index is 0.000361. The maximum absolute atomic E-state index is 13.7. The number of primary sulfonamides is 1. The number of aromatic amines is 1. The van der Waals surface area contributed by atoms with E-state index >= 15 is 0 Å². The van der Waals surface area contributed by atoms with Gasteiger partial charge in [0.1, 0.15) is 9.79 Å². The third-order valence-corrected chi connectivity index (χ3v) is 7.69. The molecular weight excluding hydrogens is 499 g/mol. The van der Waals surface area contributed by atoms with Gasteiger partial charge in [-0.15, -0.1) is 0 Å². The molecule has 0 aliphatic heterocycles. The van der Waals surface area contributed by atoms with E-state index in [1.54, 1.807) is 0 Å². The number of anilines is 1. The number of H-pyrrole nitrogens is 1. The van der Waals surface area contributed by atoms with E-state index in [1.807, 2.05) is 6.92 Å². The number of carbonyl (C=O) groups excluding carboxylic acids is 1. The van der Waals surface area contributed by atoms with Gasteiger partial charge in [0.15, 0.2) is 0 Å². The maximum atomic E-state index is 13.7. The molecule has 9 nitrogen and oxygen atoms in total. The number of nitrogens with two attached hydrogens (primary N) is 1. The number of hydrogen-bond donors (Lipinski definition) is 2. The molecular formula is C19H18Cl2N4O5S2. The normalized spacial score (nSPS) is 12.0. The number of sulfonamides is 2. The Morgan fingerprint density at radius 2 is 1.66 bits per heavy atom. The van der Waals surface area contributed by atoms with Gasteiger partial charge in [0.05, 0.1) is 17.4 Å². The molecule has 0 spiro atoms. The molecule has 32 heavy (non-hydrogen) atoms. The lowest BCUT2D eigenvalue weighted by molar-refractivity contribution is 0.100. The predicted molar refractivity (Wildman–Crippen MR) is 121 cm³/mol. The Hall–Kier alpha value is -2.44. The highest BCUT2D eigenvalue weighted by Crippen LogP contribution is 2.33. The first-order chi connectivity index (χ1) is 15.0. The Balaban J connectivity index is 2.31. The van der Waals surface area contributed by atoms with Gasteiger partial charge in [-0.25, -0.2) is 22.0 Å². The highest BCUT2D eigenvalue weighted by Gasteiger charge is 2.37. The van der Waals surface area contributed by atoms with Crippen LogP contribution >= 0.6 is 23.2 Å². The molecule has 0 unspecified atom stereocenters. The molecule has 0 aliphatic rings. The second-order valence-corrected chi connectivity index (χ2v) is 10.9. The summed E-state index contributed by atoms with van der Waals surface area (Å²) in [5.41, 5.74) is 0.241. The van der Waals surface area contributed by atoms with Gasteiger partial charge in [0.25, 0.3) is 15.9 Å². The van der Waals surface area contributed by atoms with Crippen LogP contribution in [0, 0.1) is 0 Å². The van der Waals surface area contributed by atoms with Crippen molar-refractivity contribution in [3.63, 3.8) is 0 Å². The summed E-state index contributed by atoms with van der Waals surface area (Å²) >= 11 is 12.1. The zero-order valence-corrected chi connectivity index (χ0v) is 19.8. The smallest absolute Gasteiger partial charge is 0.275 e. The van der Waals surface area contributed by atoms with Crippen LogP contribution in [0.1, 0.15) is 29.4 Å². The summed E-state index contributed by atoms with van der Waals surface area (Å²) in [5.74, 6) is -0.968. The second-order valence-electron chi connectivity index (χ2n) is 6.71. The van der Waals surface area contributed by atoms with Gasteiger partial charge < -0.3 is 0 Å². The second kappa shape index (κ2) is 9.20. The Labute approximate surface area is 195 Å². The molecule has 3 rings (SSSR count). The fourth-order valence-corrected chi connectivity index (χ4v) is 6.33. The van der Waals surface area contributed by atoms with Crippen molar-refractivity contribution in [3.8, 4) is 0 Å². The number of aryl methyl sites for hydroxylation is 1. The van der Waals surface area contributed by atoms with Crippen molar-refractivity contribution < 1.29 is 21.6 Å². The van der Waals surface area contributed by atoms with Gasteiger partial charge in [-0.2, -0.15) is 9.40 Å². The first kappa shape index (κ1) is 24.2. The van der Waals surface area contributed by atoms with Crippen LogP contribution in [0.2, 0.25) is 10.0 Å². The zero-order chi connectivity index (χ0) is 23.7. The molecule has 0 atom stereocenters. The van der Waals surface area contributed by atoms with Crippen LogP contribution < -0.4 is 9.44 Å². The summed E-state index contributed by atoms with van der Waals surface area (Å²) in [6.07, 6.45) is 2.29. The molecule has 3 aromatic rings. The maximum Gasteiger partial charge on any atom is 0.275 e. The summed E-state index contributed by atoms with van der Waals surface area (Å²) in [5, 5.41) is 11.9. The van der Waals surface area contributed by atoms with E-state index in [9.17, 15) is 21.6 Å². The third-order valence-electron chi connectivity index (χ3n) is 4.39. The van der Waals surface area contributed by atoms with E-state index in [2.05, 4.69) is 10.2 Å². The van der Waals surface area contributed by atoms with E-state index in [0.717, 1.165) is 12.1 Å². The van der Waals surface area contributed by atoms with Crippen molar-refractivity contribution in [1.29, 1.82) is 0 Å². The van der Waals surface area contributed by atoms with E-state index in [0.29, 0.717) is 22.8 Å². The summed E-state index contributed by atoms with van der Waals surface area (Å²) < 4.78 is 52.0. The molecule has 0 fully saturated rings. The number of aromatic nitrogens is 2. The van der Waals surface area contributed by atoms with Crippen molar-refractivity contribution in [2.45, 2.75) is 29.6 Å². The lowest BCUT2D eigenvalue weighted by atomic mass is 10.1. The van der Waals surface area contributed by atoms with E-state index in [4.69, 9.17) is 28.3 Å². The Kier molecular flexibility index (Phi) is 6.96. The highest BCUT2D eigenvalue weighted by atomic mass is 35.5. The SMILES string of the molecule is CCCc1[nH]ncc1C(=O)N(c1cc(Cl)cc(Cl)c1)S(=O)(=O)c1ccccc1S(N)(=O)=O. The van der Waals surface area contributed by atoms with Gasteiger partial charge in [-0.3, -0.25) is 9.89 Å². The first-order valence-electron chi connectivity index (χ1n) is 9.16. The van der Waals surface area contributed by atoms with Crippen molar-refractivity contribution in [1.82, 2.24) is 10.2 Å². The lowest BCUT2D eigenvalue weighted by Crippen LogP contribution is -2.38. The van der Waals surface area contributed by atoms with Crippen molar-refractivity contribution in [2.24, 2.45) is 5.14 Å². The van der Waals surface area contributed by atoms with Gasteiger partial charge in [0.2, 0.25) is 10.0 Å². The number of nitrogens with zero attached hydrogens (tertiary/aromatic N) is 2. The minimum Gasteiger partial charge on any atom is -0.282 e. The van der Waals surface area contributed by atoms with Crippen LogP contribution in [0.15, 0.2) is 58.5 Å². The molecule has 170 valence electrons. The fraction of sp³-hybridized carbons (Fsp3) is 0.158. The summed E-state index contributed by atoms with van der Waals surface area (Å²) in [6, 6.07) is 8.52. The van der Waals surface area contributed by atoms with E-state index < -0.39 is 35.7 Å². The number of hydrogen-bond acceptors (Lipinski definition) is 6. The first-order valence-corrected chi connectivity index (χ1v) is 12.9. The number of benzene rings is 2. The molecule has 1 amide bonds. The zero-order valence-electron chi connectivity index (χ0n) is 16.6. The number of halogens is 2. The molecule has 13 heteroatoms.